The van der Waals surface area contributed by atoms with Crippen LogP contribution in [0.4, 0.5) is 5.69 Å². The maximum Gasteiger partial charge on any atom is 0.183 e. The molecule has 1 heterocycles. The number of rotatable bonds is 5. The second-order valence-corrected chi connectivity index (χ2v) is 7.12. The standard InChI is InChI=1S/C20H28N2O/c1-7-16-8-10-17(11-9-16)21-13-19(23)18-12-14(2)22(15(18)3)20(4,5)6/h8-12,21H,7,13H2,1-6H3. The first-order valence-electron chi connectivity index (χ1n) is 8.29. The van der Waals surface area contributed by atoms with Crippen molar-refractivity contribution in [3.05, 3.63) is 52.8 Å². The SMILES string of the molecule is CCc1ccc(NCC(=O)c2cc(C)n(C(C)(C)C)c2C)cc1. The number of nitrogens with one attached hydrogen (secondary N) is 1. The van der Waals surface area contributed by atoms with Gasteiger partial charge in [-0.15, -0.1) is 0 Å². The molecule has 0 saturated carbocycles. The van der Waals surface area contributed by atoms with Crippen molar-refractivity contribution in [2.24, 2.45) is 0 Å². The first-order valence-corrected chi connectivity index (χ1v) is 8.29. The molecule has 0 radical (unpaired) electrons. The lowest BCUT2D eigenvalue weighted by Gasteiger charge is -2.25. The first kappa shape index (κ1) is 17.3. The highest BCUT2D eigenvalue weighted by atomic mass is 16.1. The third-order valence-corrected chi connectivity index (χ3v) is 4.22. The summed E-state index contributed by atoms with van der Waals surface area (Å²) in [6, 6.07) is 10.3. The Morgan fingerprint density at radius 2 is 1.74 bits per heavy atom. The number of ketones is 1. The summed E-state index contributed by atoms with van der Waals surface area (Å²) in [7, 11) is 0. The highest BCUT2D eigenvalue weighted by Gasteiger charge is 2.22. The molecule has 0 aliphatic carbocycles. The molecule has 0 aliphatic rings. The van der Waals surface area contributed by atoms with E-state index in [4.69, 9.17) is 0 Å². The predicted octanol–water partition coefficient (Wildman–Crippen LogP) is 4.72. The van der Waals surface area contributed by atoms with Crippen molar-refractivity contribution in [3.63, 3.8) is 0 Å². The Balaban J connectivity index is 2.12. The summed E-state index contributed by atoms with van der Waals surface area (Å²) in [5.74, 6) is 0.133. The van der Waals surface area contributed by atoms with Crippen molar-refractivity contribution in [2.75, 3.05) is 11.9 Å². The number of benzene rings is 1. The second kappa shape index (κ2) is 6.61. The number of hydrogen-bond acceptors (Lipinski definition) is 2. The topological polar surface area (TPSA) is 34.0 Å². The van der Waals surface area contributed by atoms with Gasteiger partial charge in [-0.1, -0.05) is 19.1 Å². The molecule has 0 unspecified atom stereocenters. The fraction of sp³-hybridized carbons (Fsp3) is 0.450. The minimum absolute atomic E-state index is 0.0177. The molecule has 2 aromatic rings. The van der Waals surface area contributed by atoms with Gasteiger partial charge in [0, 0.05) is 28.2 Å². The third-order valence-electron chi connectivity index (χ3n) is 4.22. The number of aryl methyl sites for hydroxylation is 2. The summed E-state index contributed by atoms with van der Waals surface area (Å²) in [4.78, 5) is 12.6. The molecule has 23 heavy (non-hydrogen) atoms. The van der Waals surface area contributed by atoms with Crippen LogP contribution in [0.25, 0.3) is 0 Å². The zero-order valence-corrected chi connectivity index (χ0v) is 15.2. The Bertz CT molecular complexity index is 688. The number of aromatic nitrogens is 1. The maximum atomic E-state index is 12.6. The van der Waals surface area contributed by atoms with Crippen LogP contribution in [0, 0.1) is 13.8 Å². The average molecular weight is 312 g/mol. The second-order valence-electron chi connectivity index (χ2n) is 7.12. The summed E-state index contributed by atoms with van der Waals surface area (Å²) < 4.78 is 2.23. The smallest absolute Gasteiger partial charge is 0.183 e. The van der Waals surface area contributed by atoms with Crippen LogP contribution >= 0.6 is 0 Å². The molecular formula is C20H28N2O. The van der Waals surface area contributed by atoms with Gasteiger partial charge >= 0.3 is 0 Å². The molecule has 0 saturated heterocycles. The molecule has 0 bridgehead atoms. The summed E-state index contributed by atoms with van der Waals surface area (Å²) in [6.07, 6.45) is 1.03. The summed E-state index contributed by atoms with van der Waals surface area (Å²) >= 11 is 0. The number of carbonyl (C=O) groups is 1. The highest BCUT2D eigenvalue weighted by molar-refractivity contribution is 6.00. The monoisotopic (exact) mass is 312 g/mol. The molecule has 2 rings (SSSR count). The van der Waals surface area contributed by atoms with Gasteiger partial charge in [-0.2, -0.15) is 0 Å². The Morgan fingerprint density at radius 1 is 1.13 bits per heavy atom. The van der Waals surface area contributed by atoms with Crippen LogP contribution in [0.5, 0.6) is 0 Å². The van der Waals surface area contributed by atoms with Crippen LogP contribution in [0.2, 0.25) is 0 Å². The number of carbonyl (C=O) groups excluding carboxylic acids is 1. The summed E-state index contributed by atoms with van der Waals surface area (Å²) in [5.41, 5.74) is 5.26. The molecule has 0 aliphatic heterocycles. The van der Waals surface area contributed by atoms with Crippen LogP contribution < -0.4 is 5.32 Å². The molecule has 0 fully saturated rings. The van der Waals surface area contributed by atoms with Gasteiger partial charge < -0.3 is 9.88 Å². The molecule has 1 aromatic carbocycles. The average Bonchev–Trinajstić information content (AvgIpc) is 2.80. The van der Waals surface area contributed by atoms with E-state index in [1.54, 1.807) is 0 Å². The Labute approximate surface area is 139 Å². The molecule has 0 atom stereocenters. The summed E-state index contributed by atoms with van der Waals surface area (Å²) in [6.45, 7) is 13.0. The lowest BCUT2D eigenvalue weighted by atomic mass is 10.1. The summed E-state index contributed by atoms with van der Waals surface area (Å²) in [5, 5.41) is 3.23. The molecule has 3 nitrogen and oxygen atoms in total. The van der Waals surface area contributed by atoms with Crippen molar-refractivity contribution in [2.45, 2.75) is 53.5 Å². The van der Waals surface area contributed by atoms with Crippen molar-refractivity contribution in [3.8, 4) is 0 Å². The predicted molar refractivity (Wildman–Crippen MR) is 97.5 cm³/mol. The van der Waals surface area contributed by atoms with Gasteiger partial charge in [0.25, 0.3) is 0 Å². The van der Waals surface area contributed by atoms with Crippen LogP contribution in [0.1, 0.15) is 55.0 Å². The molecule has 124 valence electrons. The van der Waals surface area contributed by atoms with Gasteiger partial charge in [-0.3, -0.25) is 4.79 Å². The van der Waals surface area contributed by atoms with Crippen LogP contribution in [0.15, 0.2) is 30.3 Å². The first-order chi connectivity index (χ1) is 10.7. The van der Waals surface area contributed by atoms with Gasteiger partial charge in [-0.25, -0.2) is 0 Å². The zero-order chi connectivity index (χ0) is 17.2. The molecule has 3 heteroatoms. The quantitative estimate of drug-likeness (QED) is 0.811. The lowest BCUT2D eigenvalue weighted by molar-refractivity contribution is 0.101. The molecule has 1 aromatic heterocycles. The van der Waals surface area contributed by atoms with E-state index < -0.39 is 0 Å². The van der Waals surface area contributed by atoms with E-state index in [-0.39, 0.29) is 11.3 Å². The van der Waals surface area contributed by atoms with E-state index in [9.17, 15) is 4.79 Å². The highest BCUT2D eigenvalue weighted by Crippen LogP contribution is 2.24. The van der Waals surface area contributed by atoms with Crippen LogP contribution in [0.3, 0.4) is 0 Å². The van der Waals surface area contributed by atoms with Gasteiger partial charge in [0.15, 0.2) is 5.78 Å². The Morgan fingerprint density at radius 3 is 2.22 bits per heavy atom. The van der Waals surface area contributed by atoms with Crippen LogP contribution in [-0.2, 0) is 12.0 Å². The van der Waals surface area contributed by atoms with Crippen molar-refractivity contribution in [1.82, 2.24) is 4.57 Å². The maximum absolute atomic E-state index is 12.6. The largest absolute Gasteiger partial charge is 0.378 e. The van der Waals surface area contributed by atoms with E-state index in [1.165, 1.54) is 5.56 Å². The van der Waals surface area contributed by atoms with Gasteiger partial charge in [0.05, 0.1) is 6.54 Å². The fourth-order valence-electron chi connectivity index (χ4n) is 3.21. The fourth-order valence-corrected chi connectivity index (χ4v) is 3.21. The number of Topliss-reactive ketones (excluding diaryl/α,β-unsaturated/α-hetero) is 1. The number of hydrogen-bond donors (Lipinski definition) is 1. The Kier molecular flexibility index (Phi) is 4.98. The van der Waals surface area contributed by atoms with Gasteiger partial charge in [0.2, 0.25) is 0 Å². The van der Waals surface area contributed by atoms with E-state index in [0.717, 1.165) is 29.1 Å². The molecule has 0 amide bonds. The minimum Gasteiger partial charge on any atom is -0.378 e. The van der Waals surface area contributed by atoms with Gasteiger partial charge in [0.1, 0.15) is 0 Å². The van der Waals surface area contributed by atoms with Gasteiger partial charge in [-0.05, 0) is 64.8 Å². The number of nitrogens with zero attached hydrogens (tertiary/aromatic N) is 1. The van der Waals surface area contributed by atoms with E-state index >= 15 is 0 Å². The Hall–Kier alpha value is -2.03. The van der Waals surface area contributed by atoms with Crippen molar-refractivity contribution >= 4 is 11.5 Å². The molecule has 0 spiro atoms. The van der Waals surface area contributed by atoms with E-state index in [1.807, 2.05) is 25.1 Å². The normalized spacial score (nSPS) is 11.6. The minimum atomic E-state index is -0.0177. The van der Waals surface area contributed by atoms with E-state index in [2.05, 4.69) is 56.6 Å². The lowest BCUT2D eigenvalue weighted by Crippen LogP contribution is -2.24. The third kappa shape index (κ3) is 3.84. The molecule has 1 N–H and O–H groups in total. The number of anilines is 1. The van der Waals surface area contributed by atoms with Crippen LogP contribution in [-0.4, -0.2) is 16.9 Å². The van der Waals surface area contributed by atoms with Crippen molar-refractivity contribution < 1.29 is 4.79 Å². The molecular weight excluding hydrogens is 284 g/mol. The van der Waals surface area contributed by atoms with Crippen molar-refractivity contribution in [1.29, 1.82) is 0 Å². The zero-order valence-electron chi connectivity index (χ0n) is 15.2. The van der Waals surface area contributed by atoms with E-state index in [0.29, 0.717) is 6.54 Å².